The fraction of sp³-hybridized carbons (Fsp3) is 0.300. The molecule has 1 atom stereocenters. The lowest BCUT2D eigenvalue weighted by molar-refractivity contribution is 0.205. The number of benzene rings is 1. The van der Waals surface area contributed by atoms with Gasteiger partial charge in [-0.05, 0) is 37.7 Å². The van der Waals surface area contributed by atoms with Crippen LogP contribution in [0.4, 0.5) is 4.79 Å². The lowest BCUT2D eigenvalue weighted by Crippen LogP contribution is -2.13. The molecule has 0 bridgehead atoms. The second-order valence-electron chi connectivity index (χ2n) is 3.74. The van der Waals surface area contributed by atoms with Gasteiger partial charge in [0.05, 0.1) is 11.0 Å². The number of phenolic OH excluding ortho intramolecular Hbond substituents is 1. The quantitative estimate of drug-likeness (QED) is 0.830. The predicted octanol–water partition coefficient (Wildman–Crippen LogP) is 3.61. The largest absolute Gasteiger partial charge is 0.508 e. The maximum atomic E-state index is 12.2. The zero-order chi connectivity index (χ0) is 12.6. The first-order chi connectivity index (χ1) is 7.90. The summed E-state index contributed by atoms with van der Waals surface area (Å²) in [6.45, 7) is 3.33. The highest BCUT2D eigenvalue weighted by atomic mass is 32.2. The second-order valence-corrected chi connectivity index (χ2v) is 6.85. The van der Waals surface area contributed by atoms with E-state index in [1.807, 2.05) is 0 Å². The van der Waals surface area contributed by atoms with Gasteiger partial charge in [0, 0.05) is 6.07 Å². The first kappa shape index (κ1) is 12.5. The van der Waals surface area contributed by atoms with Crippen LogP contribution in [0.15, 0.2) is 23.1 Å². The average molecular weight is 274 g/mol. The standard InChI is InChI=1S/C10H11O5PS/c1-6(2)14-16(13)10(12)17-9-4-3-7(11)5-8(9)15-16/h3-6,11H,1-2H3. The molecule has 0 saturated heterocycles. The number of carbonyl (C=O) groups excluding carboxylic acids is 1. The molecule has 2 rings (SSSR count). The van der Waals surface area contributed by atoms with Crippen molar-refractivity contribution >= 4 is 24.2 Å². The molecule has 0 amide bonds. The molecule has 1 N–H and O–H groups in total. The van der Waals surface area contributed by atoms with Crippen LogP contribution in [-0.2, 0) is 9.09 Å². The molecule has 1 aliphatic heterocycles. The fourth-order valence-electron chi connectivity index (χ4n) is 1.31. The molecule has 0 saturated carbocycles. The number of hydrogen-bond acceptors (Lipinski definition) is 6. The number of hydrogen-bond donors (Lipinski definition) is 1. The molecule has 1 aromatic rings. The molecule has 0 aliphatic carbocycles. The summed E-state index contributed by atoms with van der Waals surface area (Å²) in [5.41, 5.74) is 0. The molecule has 7 heteroatoms. The topological polar surface area (TPSA) is 72.8 Å². The van der Waals surface area contributed by atoms with Crippen molar-refractivity contribution < 1.29 is 23.5 Å². The Labute approximate surface area is 103 Å². The minimum absolute atomic E-state index is 0.0187. The van der Waals surface area contributed by atoms with Crippen molar-refractivity contribution in [2.45, 2.75) is 24.8 Å². The monoisotopic (exact) mass is 274 g/mol. The Morgan fingerprint density at radius 2 is 2.18 bits per heavy atom. The van der Waals surface area contributed by atoms with Gasteiger partial charge in [-0.2, -0.15) is 0 Å². The van der Waals surface area contributed by atoms with Gasteiger partial charge in [-0.15, -0.1) is 0 Å². The van der Waals surface area contributed by atoms with Gasteiger partial charge >= 0.3 is 12.5 Å². The highest BCUT2D eigenvalue weighted by Crippen LogP contribution is 2.61. The molecule has 0 aromatic heterocycles. The zero-order valence-corrected chi connectivity index (χ0v) is 11.0. The van der Waals surface area contributed by atoms with Gasteiger partial charge in [-0.25, -0.2) is 4.57 Å². The van der Waals surface area contributed by atoms with Crippen molar-refractivity contribution in [1.82, 2.24) is 0 Å². The van der Waals surface area contributed by atoms with E-state index in [0.717, 1.165) is 11.8 Å². The molecule has 0 radical (unpaired) electrons. The summed E-state index contributed by atoms with van der Waals surface area (Å²) < 4.78 is 22.3. The van der Waals surface area contributed by atoms with Crippen LogP contribution in [0.25, 0.3) is 0 Å². The SMILES string of the molecule is CC(C)OP1(=O)Oc2cc(O)ccc2SC1=O. The highest BCUT2D eigenvalue weighted by molar-refractivity contribution is 8.25. The van der Waals surface area contributed by atoms with E-state index in [9.17, 15) is 14.5 Å². The van der Waals surface area contributed by atoms with E-state index in [1.54, 1.807) is 13.8 Å². The lowest BCUT2D eigenvalue weighted by Gasteiger charge is -2.24. The van der Waals surface area contributed by atoms with E-state index >= 15 is 0 Å². The normalized spacial score (nSPS) is 23.4. The number of thioether (sulfide) groups is 1. The summed E-state index contributed by atoms with van der Waals surface area (Å²) >= 11 is 0.806. The van der Waals surface area contributed by atoms with Crippen LogP contribution in [0.1, 0.15) is 13.8 Å². The Kier molecular flexibility index (Phi) is 3.21. The van der Waals surface area contributed by atoms with Crippen LogP contribution in [0.5, 0.6) is 11.5 Å². The van der Waals surface area contributed by atoms with Crippen LogP contribution >= 0.6 is 19.4 Å². The lowest BCUT2D eigenvalue weighted by atomic mass is 10.3. The summed E-state index contributed by atoms with van der Waals surface area (Å²) in [6, 6.07) is 4.28. The molecule has 1 aromatic carbocycles. The van der Waals surface area contributed by atoms with E-state index < -0.39 is 12.5 Å². The number of carbonyl (C=O) groups is 1. The van der Waals surface area contributed by atoms with Crippen molar-refractivity contribution in [2.24, 2.45) is 0 Å². The third-order valence-electron chi connectivity index (χ3n) is 1.92. The Hall–Kier alpha value is -0.970. The first-order valence-corrected chi connectivity index (χ1v) is 7.30. The Morgan fingerprint density at radius 3 is 2.82 bits per heavy atom. The number of aromatic hydroxyl groups is 1. The maximum absolute atomic E-state index is 12.2. The summed E-state index contributed by atoms with van der Waals surface area (Å²) in [7, 11) is -3.80. The summed E-state index contributed by atoms with van der Waals surface area (Å²) in [5.74, 6) is 0.188. The van der Waals surface area contributed by atoms with Gasteiger partial charge in [0.25, 0.3) is 0 Å². The Morgan fingerprint density at radius 1 is 1.47 bits per heavy atom. The molecule has 1 aliphatic rings. The fourth-order valence-corrected chi connectivity index (χ4v) is 4.05. The summed E-state index contributed by atoms with van der Waals surface area (Å²) in [5, 5.41) is 9.30. The van der Waals surface area contributed by atoms with Crippen molar-refractivity contribution in [3.05, 3.63) is 18.2 Å². The van der Waals surface area contributed by atoms with Crippen LogP contribution in [0.2, 0.25) is 0 Å². The third kappa shape index (κ3) is 2.49. The van der Waals surface area contributed by atoms with Crippen LogP contribution in [-0.4, -0.2) is 16.1 Å². The number of rotatable bonds is 2. The van der Waals surface area contributed by atoms with Gasteiger partial charge in [-0.1, -0.05) is 0 Å². The molecular formula is C10H11O5PS. The summed E-state index contributed by atoms with van der Waals surface area (Å²) in [4.78, 5) is 11.6. The van der Waals surface area contributed by atoms with Gasteiger partial charge < -0.3 is 9.63 Å². The van der Waals surface area contributed by atoms with Crippen molar-refractivity contribution in [2.75, 3.05) is 0 Å². The predicted molar refractivity (Wildman–Crippen MR) is 63.8 cm³/mol. The zero-order valence-electron chi connectivity index (χ0n) is 9.25. The molecule has 1 unspecified atom stereocenters. The minimum Gasteiger partial charge on any atom is -0.508 e. The van der Waals surface area contributed by atoms with Crippen LogP contribution < -0.4 is 4.52 Å². The first-order valence-electron chi connectivity index (χ1n) is 4.94. The molecule has 1 heterocycles. The minimum atomic E-state index is -3.80. The molecule has 5 nitrogen and oxygen atoms in total. The van der Waals surface area contributed by atoms with E-state index in [0.29, 0.717) is 4.90 Å². The second kappa shape index (κ2) is 4.37. The van der Waals surface area contributed by atoms with Crippen molar-refractivity contribution in [1.29, 1.82) is 0 Å². The number of fused-ring (bicyclic) bond motifs is 1. The van der Waals surface area contributed by atoms with E-state index in [4.69, 9.17) is 9.05 Å². The average Bonchev–Trinajstić information content (AvgIpc) is 2.19. The highest BCUT2D eigenvalue weighted by Gasteiger charge is 2.43. The molecule has 0 fully saturated rings. The van der Waals surface area contributed by atoms with E-state index in [2.05, 4.69) is 0 Å². The van der Waals surface area contributed by atoms with Gasteiger partial charge in [0.1, 0.15) is 11.5 Å². The van der Waals surface area contributed by atoms with Crippen LogP contribution in [0.3, 0.4) is 0 Å². The van der Waals surface area contributed by atoms with E-state index in [1.165, 1.54) is 18.2 Å². The summed E-state index contributed by atoms with van der Waals surface area (Å²) in [6.07, 6.45) is -0.385. The van der Waals surface area contributed by atoms with E-state index in [-0.39, 0.29) is 17.6 Å². The third-order valence-corrected chi connectivity index (χ3v) is 5.18. The van der Waals surface area contributed by atoms with Gasteiger partial charge in [0.15, 0.2) is 0 Å². The van der Waals surface area contributed by atoms with Crippen molar-refractivity contribution in [3.8, 4) is 11.5 Å². The molecule has 17 heavy (non-hydrogen) atoms. The molecule has 0 spiro atoms. The Bertz CT molecular complexity index is 513. The maximum Gasteiger partial charge on any atom is 0.457 e. The van der Waals surface area contributed by atoms with Gasteiger partial charge in [0.2, 0.25) is 0 Å². The smallest absolute Gasteiger partial charge is 0.457 e. The van der Waals surface area contributed by atoms with Gasteiger partial charge in [-0.3, -0.25) is 9.32 Å². The van der Waals surface area contributed by atoms with Crippen molar-refractivity contribution in [3.63, 3.8) is 0 Å². The molecule has 92 valence electrons. The Balaban J connectivity index is 2.37. The number of phenols is 1. The molecular weight excluding hydrogens is 263 g/mol. The van der Waals surface area contributed by atoms with Crippen LogP contribution in [0, 0.1) is 0 Å².